The maximum absolute atomic E-state index is 11.2. The Bertz CT molecular complexity index is 409. The zero-order valence-corrected chi connectivity index (χ0v) is 7.87. The van der Waals surface area contributed by atoms with Gasteiger partial charge in [0.25, 0.3) is 0 Å². The van der Waals surface area contributed by atoms with Gasteiger partial charge in [-0.2, -0.15) is 0 Å². The van der Waals surface area contributed by atoms with Crippen molar-refractivity contribution < 1.29 is 8.42 Å². The van der Waals surface area contributed by atoms with Crippen LogP contribution in [0.1, 0.15) is 12.5 Å². The molecule has 1 aliphatic rings. The van der Waals surface area contributed by atoms with Crippen LogP contribution in [0.3, 0.4) is 0 Å². The molecule has 1 fully saturated rings. The maximum Gasteiger partial charge on any atom is 0.200 e. The van der Waals surface area contributed by atoms with Crippen LogP contribution in [0.15, 0.2) is 12.4 Å². The van der Waals surface area contributed by atoms with Crippen molar-refractivity contribution >= 4 is 15.8 Å². The number of nitrogens with two attached hydrogens (primary N) is 1. The van der Waals surface area contributed by atoms with Gasteiger partial charge in [-0.05, 0) is 6.42 Å². The molecule has 72 valence electrons. The molecule has 2 heterocycles. The fraction of sp³-hybridized carbons (Fsp3) is 0.571. The lowest BCUT2D eigenvalue weighted by Crippen LogP contribution is -2.12. The van der Waals surface area contributed by atoms with Gasteiger partial charge < -0.3 is 10.3 Å². The highest BCUT2D eigenvalue weighted by molar-refractivity contribution is 7.91. The lowest BCUT2D eigenvalue weighted by molar-refractivity contribution is 0.562. The summed E-state index contributed by atoms with van der Waals surface area (Å²) in [7, 11) is -2.84. The summed E-state index contributed by atoms with van der Waals surface area (Å²) in [5.74, 6) is 0.838. The molecule has 0 amide bonds. The first-order valence-corrected chi connectivity index (χ1v) is 5.89. The van der Waals surface area contributed by atoms with Gasteiger partial charge in [-0.25, -0.2) is 13.4 Å². The number of anilines is 1. The predicted molar refractivity (Wildman–Crippen MR) is 48.9 cm³/mol. The summed E-state index contributed by atoms with van der Waals surface area (Å²) in [6.45, 7) is 0. The second-order valence-electron chi connectivity index (χ2n) is 3.25. The van der Waals surface area contributed by atoms with Crippen LogP contribution in [-0.4, -0.2) is 29.5 Å². The van der Waals surface area contributed by atoms with Gasteiger partial charge in [0.1, 0.15) is 0 Å². The first-order valence-electron chi connectivity index (χ1n) is 4.07. The van der Waals surface area contributed by atoms with Gasteiger partial charge in [0, 0.05) is 12.4 Å². The zero-order chi connectivity index (χ0) is 9.47. The number of nitrogens with zero attached hydrogens (tertiary/aromatic N) is 2. The van der Waals surface area contributed by atoms with E-state index in [1.807, 2.05) is 0 Å². The van der Waals surface area contributed by atoms with Crippen LogP contribution in [-0.2, 0) is 9.84 Å². The van der Waals surface area contributed by atoms with Crippen LogP contribution in [0.5, 0.6) is 0 Å². The van der Waals surface area contributed by atoms with Gasteiger partial charge in [0.05, 0.1) is 17.5 Å². The van der Waals surface area contributed by atoms with Crippen LogP contribution in [0.25, 0.3) is 0 Å². The Morgan fingerprint density at radius 3 is 2.85 bits per heavy atom. The van der Waals surface area contributed by atoms with Gasteiger partial charge in [0.15, 0.2) is 15.8 Å². The molecule has 0 aromatic carbocycles. The molecule has 2 rings (SSSR count). The molecule has 1 saturated heterocycles. The summed E-state index contributed by atoms with van der Waals surface area (Å²) in [5.41, 5.74) is 5.57. The van der Waals surface area contributed by atoms with Crippen molar-refractivity contribution in [3.8, 4) is 0 Å². The molecule has 0 saturated carbocycles. The van der Waals surface area contributed by atoms with E-state index in [-0.39, 0.29) is 17.5 Å². The van der Waals surface area contributed by atoms with Crippen molar-refractivity contribution in [3.05, 3.63) is 12.4 Å². The fourth-order valence-electron chi connectivity index (χ4n) is 1.63. The first kappa shape index (κ1) is 8.55. The third-order valence-corrected chi connectivity index (χ3v) is 4.05. The molecule has 0 aliphatic carbocycles. The Labute approximate surface area is 76.5 Å². The second-order valence-corrected chi connectivity index (χ2v) is 5.48. The van der Waals surface area contributed by atoms with E-state index in [2.05, 4.69) is 4.98 Å². The standard InChI is InChI=1S/C7H11N3O2S/c8-7-9-2-3-10(7)6-1-4-13(11,12)5-6/h2-3,6H,1,4-5H2,(H2,8,9). The largest absolute Gasteiger partial charge is 0.369 e. The SMILES string of the molecule is Nc1nccn1C1CCS(=O)(=O)C1. The minimum absolute atomic E-state index is 0.0208. The number of hydrogen-bond donors (Lipinski definition) is 1. The number of nitrogen functional groups attached to an aromatic ring is 1. The van der Waals surface area contributed by atoms with Crippen molar-refractivity contribution in [2.75, 3.05) is 17.2 Å². The highest BCUT2D eigenvalue weighted by Crippen LogP contribution is 2.24. The van der Waals surface area contributed by atoms with Crippen LogP contribution >= 0.6 is 0 Å². The minimum Gasteiger partial charge on any atom is -0.369 e. The first-order chi connectivity index (χ1) is 6.08. The lowest BCUT2D eigenvalue weighted by atomic mass is 10.3. The van der Waals surface area contributed by atoms with Crippen molar-refractivity contribution in [3.63, 3.8) is 0 Å². The molecule has 6 heteroatoms. The van der Waals surface area contributed by atoms with E-state index in [9.17, 15) is 8.42 Å². The minimum atomic E-state index is -2.84. The van der Waals surface area contributed by atoms with Crippen LogP contribution in [0.4, 0.5) is 5.95 Å². The molecule has 0 radical (unpaired) electrons. The Hall–Kier alpha value is -1.04. The van der Waals surface area contributed by atoms with Crippen molar-refractivity contribution in [2.45, 2.75) is 12.5 Å². The highest BCUT2D eigenvalue weighted by atomic mass is 32.2. The Kier molecular flexibility index (Phi) is 1.80. The van der Waals surface area contributed by atoms with E-state index in [0.29, 0.717) is 12.4 Å². The number of sulfone groups is 1. The number of hydrogen-bond acceptors (Lipinski definition) is 4. The Morgan fingerprint density at radius 1 is 1.62 bits per heavy atom. The summed E-state index contributed by atoms with van der Waals surface area (Å²) in [6.07, 6.45) is 3.95. The summed E-state index contributed by atoms with van der Waals surface area (Å²) >= 11 is 0. The van der Waals surface area contributed by atoms with Crippen LogP contribution in [0, 0.1) is 0 Å². The van der Waals surface area contributed by atoms with Gasteiger partial charge in [0.2, 0.25) is 0 Å². The monoisotopic (exact) mass is 201 g/mol. The van der Waals surface area contributed by atoms with Gasteiger partial charge in [-0.15, -0.1) is 0 Å². The average molecular weight is 201 g/mol. The number of aromatic nitrogens is 2. The summed E-state index contributed by atoms with van der Waals surface area (Å²) < 4.78 is 24.1. The average Bonchev–Trinajstić information content (AvgIpc) is 2.56. The topological polar surface area (TPSA) is 78.0 Å². The molecule has 1 unspecified atom stereocenters. The molecule has 0 spiro atoms. The molecule has 1 atom stereocenters. The van der Waals surface area contributed by atoms with Crippen LogP contribution < -0.4 is 5.73 Å². The molecule has 0 bridgehead atoms. The summed E-state index contributed by atoms with van der Waals surface area (Å²) in [5, 5.41) is 0. The number of imidazole rings is 1. The summed E-state index contributed by atoms with van der Waals surface area (Å²) in [4.78, 5) is 3.85. The van der Waals surface area contributed by atoms with Crippen molar-refractivity contribution in [1.82, 2.24) is 9.55 Å². The van der Waals surface area contributed by atoms with Gasteiger partial charge in [-0.1, -0.05) is 0 Å². The fourth-order valence-corrected chi connectivity index (χ4v) is 3.34. The molecule has 13 heavy (non-hydrogen) atoms. The quantitative estimate of drug-likeness (QED) is 0.684. The summed E-state index contributed by atoms with van der Waals surface area (Å²) in [6, 6.07) is -0.0208. The normalized spacial score (nSPS) is 26.3. The van der Waals surface area contributed by atoms with Crippen molar-refractivity contribution in [2.24, 2.45) is 0 Å². The Morgan fingerprint density at radius 2 is 2.38 bits per heavy atom. The van der Waals surface area contributed by atoms with Crippen LogP contribution in [0.2, 0.25) is 0 Å². The highest BCUT2D eigenvalue weighted by Gasteiger charge is 2.29. The molecule has 2 N–H and O–H groups in total. The van der Waals surface area contributed by atoms with E-state index in [1.54, 1.807) is 17.0 Å². The van der Waals surface area contributed by atoms with Crippen molar-refractivity contribution in [1.29, 1.82) is 0 Å². The van der Waals surface area contributed by atoms with E-state index in [4.69, 9.17) is 5.73 Å². The number of rotatable bonds is 1. The van der Waals surface area contributed by atoms with Gasteiger partial charge >= 0.3 is 0 Å². The third kappa shape index (κ3) is 1.53. The van der Waals surface area contributed by atoms with E-state index >= 15 is 0 Å². The maximum atomic E-state index is 11.2. The molecule has 1 aromatic rings. The second kappa shape index (κ2) is 2.73. The molecular weight excluding hydrogens is 190 g/mol. The predicted octanol–water partition coefficient (Wildman–Crippen LogP) is -0.175. The molecular formula is C7H11N3O2S. The van der Waals surface area contributed by atoms with E-state index in [0.717, 1.165) is 0 Å². The smallest absolute Gasteiger partial charge is 0.200 e. The van der Waals surface area contributed by atoms with E-state index in [1.165, 1.54) is 0 Å². The lowest BCUT2D eigenvalue weighted by Gasteiger charge is -2.10. The molecule has 1 aromatic heterocycles. The molecule has 1 aliphatic heterocycles. The van der Waals surface area contributed by atoms with E-state index < -0.39 is 9.84 Å². The van der Waals surface area contributed by atoms with Gasteiger partial charge in [-0.3, -0.25) is 0 Å². The third-order valence-electron chi connectivity index (χ3n) is 2.30. The Balaban J connectivity index is 2.26. The zero-order valence-electron chi connectivity index (χ0n) is 7.05. The molecule has 5 nitrogen and oxygen atoms in total.